The number of ether oxygens (including phenoxy) is 2. The molecule has 3 rings (SSSR count). The van der Waals surface area contributed by atoms with Crippen molar-refractivity contribution in [1.82, 2.24) is 4.90 Å². The van der Waals surface area contributed by atoms with Crippen LogP contribution in [0.25, 0.3) is 10.8 Å². The van der Waals surface area contributed by atoms with Crippen LogP contribution in [0.15, 0.2) is 66.7 Å². The molecule has 3 aromatic carbocycles. The van der Waals surface area contributed by atoms with Crippen LogP contribution in [0.4, 0.5) is 0 Å². The number of hydrogen-bond acceptors (Lipinski definition) is 3. The highest BCUT2D eigenvalue weighted by Gasteiger charge is 2.17. The lowest BCUT2D eigenvalue weighted by molar-refractivity contribution is 0.0770. The fraction of sp³-hybridized carbons (Fsp3) is 0.190. The number of fused-ring (bicyclic) bond motifs is 1. The predicted octanol–water partition coefficient (Wildman–Crippen LogP) is 4.00. The van der Waals surface area contributed by atoms with Gasteiger partial charge in [-0.3, -0.25) is 4.79 Å². The van der Waals surface area contributed by atoms with E-state index in [9.17, 15) is 4.79 Å². The summed E-state index contributed by atoms with van der Waals surface area (Å²) in [6, 6.07) is 21.3. The van der Waals surface area contributed by atoms with Crippen LogP contribution < -0.4 is 9.47 Å². The Morgan fingerprint density at radius 1 is 0.960 bits per heavy atom. The predicted molar refractivity (Wildman–Crippen MR) is 99.4 cm³/mol. The number of para-hydroxylation sites is 1. The maximum atomic E-state index is 12.8. The van der Waals surface area contributed by atoms with Gasteiger partial charge in [-0.2, -0.15) is 0 Å². The van der Waals surface area contributed by atoms with Crippen molar-refractivity contribution in [1.29, 1.82) is 0 Å². The normalized spacial score (nSPS) is 10.5. The monoisotopic (exact) mass is 335 g/mol. The van der Waals surface area contributed by atoms with Gasteiger partial charge in [0, 0.05) is 7.05 Å². The summed E-state index contributed by atoms with van der Waals surface area (Å²) in [5.41, 5.74) is 0.559. The van der Waals surface area contributed by atoms with Gasteiger partial charge in [0.1, 0.15) is 18.1 Å². The van der Waals surface area contributed by atoms with E-state index >= 15 is 0 Å². The average molecular weight is 335 g/mol. The van der Waals surface area contributed by atoms with Crippen molar-refractivity contribution in [2.75, 3.05) is 27.3 Å². The van der Waals surface area contributed by atoms with Crippen LogP contribution in [0.3, 0.4) is 0 Å². The van der Waals surface area contributed by atoms with E-state index in [4.69, 9.17) is 9.47 Å². The quantitative estimate of drug-likeness (QED) is 0.683. The summed E-state index contributed by atoms with van der Waals surface area (Å²) in [4.78, 5) is 14.4. The Bertz CT molecular complexity index is 861. The molecule has 0 aromatic heterocycles. The highest BCUT2D eigenvalue weighted by Crippen LogP contribution is 2.26. The molecule has 0 aliphatic heterocycles. The van der Waals surface area contributed by atoms with Crippen LogP contribution in [0.2, 0.25) is 0 Å². The van der Waals surface area contributed by atoms with Crippen LogP contribution >= 0.6 is 0 Å². The molecule has 3 aromatic rings. The lowest BCUT2D eigenvalue weighted by Crippen LogP contribution is -2.31. The van der Waals surface area contributed by atoms with Crippen LogP contribution in [-0.2, 0) is 0 Å². The van der Waals surface area contributed by atoms with E-state index in [1.807, 2.05) is 66.7 Å². The molecule has 4 nitrogen and oxygen atoms in total. The molecular weight excluding hydrogens is 314 g/mol. The smallest absolute Gasteiger partial charge is 0.257 e. The number of methoxy groups -OCH3 is 1. The average Bonchev–Trinajstić information content (AvgIpc) is 2.67. The summed E-state index contributed by atoms with van der Waals surface area (Å²) in [5, 5.41) is 2.06. The molecule has 0 unspecified atom stereocenters. The molecule has 0 saturated carbocycles. The molecule has 0 aliphatic rings. The molecule has 0 spiro atoms. The molecule has 0 heterocycles. The minimum Gasteiger partial charge on any atom is -0.496 e. The zero-order valence-electron chi connectivity index (χ0n) is 14.4. The third-order valence-corrected chi connectivity index (χ3v) is 4.08. The second kappa shape index (κ2) is 7.71. The van der Waals surface area contributed by atoms with Gasteiger partial charge in [-0.1, -0.05) is 42.5 Å². The van der Waals surface area contributed by atoms with Crippen LogP contribution in [0.5, 0.6) is 11.5 Å². The van der Waals surface area contributed by atoms with Crippen molar-refractivity contribution < 1.29 is 14.3 Å². The largest absolute Gasteiger partial charge is 0.496 e. The van der Waals surface area contributed by atoms with E-state index in [-0.39, 0.29) is 5.91 Å². The van der Waals surface area contributed by atoms with Crippen molar-refractivity contribution in [3.05, 3.63) is 72.3 Å². The Balaban J connectivity index is 1.72. The van der Waals surface area contributed by atoms with Crippen molar-refractivity contribution in [3.63, 3.8) is 0 Å². The van der Waals surface area contributed by atoms with Crippen LogP contribution in [0, 0.1) is 0 Å². The van der Waals surface area contributed by atoms with E-state index < -0.39 is 0 Å². The van der Waals surface area contributed by atoms with Gasteiger partial charge in [0.15, 0.2) is 0 Å². The van der Waals surface area contributed by atoms with Crippen molar-refractivity contribution in [3.8, 4) is 11.5 Å². The number of hydrogen-bond donors (Lipinski definition) is 0. The molecule has 128 valence electrons. The maximum absolute atomic E-state index is 12.8. The Morgan fingerprint density at radius 3 is 2.28 bits per heavy atom. The first kappa shape index (κ1) is 16.8. The molecule has 0 atom stereocenters. The first-order valence-electron chi connectivity index (χ1n) is 8.19. The molecular formula is C21H21NO3. The third kappa shape index (κ3) is 3.91. The van der Waals surface area contributed by atoms with Crippen molar-refractivity contribution >= 4 is 16.7 Å². The summed E-state index contributed by atoms with van der Waals surface area (Å²) in [7, 11) is 3.35. The zero-order valence-corrected chi connectivity index (χ0v) is 14.4. The second-order valence-electron chi connectivity index (χ2n) is 5.79. The van der Waals surface area contributed by atoms with Crippen LogP contribution in [0.1, 0.15) is 10.4 Å². The zero-order chi connectivity index (χ0) is 17.6. The van der Waals surface area contributed by atoms with Gasteiger partial charge in [-0.25, -0.2) is 0 Å². The first-order valence-corrected chi connectivity index (χ1v) is 8.19. The van der Waals surface area contributed by atoms with E-state index in [2.05, 4.69) is 0 Å². The highest BCUT2D eigenvalue weighted by atomic mass is 16.5. The minimum atomic E-state index is -0.0840. The molecule has 0 fully saturated rings. The van der Waals surface area contributed by atoms with Crippen molar-refractivity contribution in [2.24, 2.45) is 0 Å². The highest BCUT2D eigenvalue weighted by molar-refractivity contribution is 6.01. The van der Waals surface area contributed by atoms with Gasteiger partial charge in [-0.15, -0.1) is 0 Å². The summed E-state index contributed by atoms with van der Waals surface area (Å²) in [6.45, 7) is 0.922. The second-order valence-corrected chi connectivity index (χ2v) is 5.79. The molecule has 1 amide bonds. The molecule has 0 saturated heterocycles. The van der Waals surface area contributed by atoms with Gasteiger partial charge in [0.25, 0.3) is 5.91 Å². The molecule has 25 heavy (non-hydrogen) atoms. The minimum absolute atomic E-state index is 0.0840. The van der Waals surface area contributed by atoms with Gasteiger partial charge in [-0.05, 0) is 35.0 Å². The molecule has 0 aliphatic carbocycles. The lowest BCUT2D eigenvalue weighted by atomic mass is 10.0. The van der Waals surface area contributed by atoms with Gasteiger partial charge in [0.05, 0.1) is 19.2 Å². The number of rotatable bonds is 6. The topological polar surface area (TPSA) is 38.8 Å². The molecule has 0 radical (unpaired) electrons. The molecule has 4 heteroatoms. The lowest BCUT2D eigenvalue weighted by Gasteiger charge is -2.19. The number of nitrogens with zero attached hydrogens (tertiary/aromatic N) is 1. The summed E-state index contributed by atoms with van der Waals surface area (Å²) in [6.07, 6.45) is 0. The number of amides is 1. The SMILES string of the molecule is COc1cc2ccccc2cc1C(=O)N(C)CCOc1ccccc1. The van der Waals surface area contributed by atoms with E-state index in [1.54, 1.807) is 19.1 Å². The number of carbonyl (C=O) groups is 1. The van der Waals surface area contributed by atoms with Crippen molar-refractivity contribution in [2.45, 2.75) is 0 Å². The number of likely N-dealkylation sites (N-methyl/N-ethyl adjacent to an activating group) is 1. The maximum Gasteiger partial charge on any atom is 0.257 e. The molecule has 0 N–H and O–H groups in total. The Hall–Kier alpha value is -3.01. The fourth-order valence-corrected chi connectivity index (χ4v) is 2.68. The Labute approximate surface area is 147 Å². The Kier molecular flexibility index (Phi) is 5.19. The first-order chi connectivity index (χ1) is 12.2. The number of carbonyl (C=O) groups excluding carboxylic acids is 1. The third-order valence-electron chi connectivity index (χ3n) is 4.08. The summed E-state index contributed by atoms with van der Waals surface area (Å²) < 4.78 is 11.1. The van der Waals surface area contributed by atoms with E-state index in [0.29, 0.717) is 24.5 Å². The van der Waals surface area contributed by atoms with Gasteiger partial charge >= 0.3 is 0 Å². The summed E-state index contributed by atoms with van der Waals surface area (Å²) >= 11 is 0. The van der Waals surface area contributed by atoms with E-state index in [0.717, 1.165) is 16.5 Å². The van der Waals surface area contributed by atoms with E-state index in [1.165, 1.54) is 0 Å². The standard InChI is InChI=1S/C21H21NO3/c1-22(12-13-25-18-10-4-3-5-11-18)21(23)19-14-16-8-6-7-9-17(16)15-20(19)24-2/h3-11,14-15H,12-13H2,1-2H3. The van der Waals surface area contributed by atoms with Crippen LogP contribution in [-0.4, -0.2) is 38.1 Å². The summed E-state index contributed by atoms with van der Waals surface area (Å²) in [5.74, 6) is 1.30. The Morgan fingerprint density at radius 2 is 1.60 bits per heavy atom. The fourth-order valence-electron chi connectivity index (χ4n) is 2.68. The van der Waals surface area contributed by atoms with Gasteiger partial charge < -0.3 is 14.4 Å². The molecule has 0 bridgehead atoms. The van der Waals surface area contributed by atoms with Gasteiger partial charge in [0.2, 0.25) is 0 Å². The number of benzene rings is 3.